The number of anilines is 2. The van der Waals surface area contributed by atoms with E-state index < -0.39 is 0 Å². The molecule has 3 heteroatoms. The van der Waals surface area contributed by atoms with E-state index in [-0.39, 0.29) is 0 Å². The van der Waals surface area contributed by atoms with Crippen LogP contribution in [0.5, 0.6) is 0 Å². The zero-order valence-corrected chi connectivity index (χ0v) is 11.2. The molecule has 16 heavy (non-hydrogen) atoms. The summed E-state index contributed by atoms with van der Waals surface area (Å²) in [5.74, 6) is 0. The maximum absolute atomic E-state index is 3.77. The van der Waals surface area contributed by atoms with Gasteiger partial charge in [0.05, 0.1) is 16.9 Å². The van der Waals surface area contributed by atoms with Crippen LogP contribution in [-0.2, 0) is 0 Å². The van der Waals surface area contributed by atoms with Crippen molar-refractivity contribution in [3.05, 3.63) is 22.7 Å². The molecule has 1 fully saturated rings. The third-order valence-electron chi connectivity index (χ3n) is 3.87. The summed E-state index contributed by atoms with van der Waals surface area (Å²) in [5, 5.41) is 3.77. The largest absolute Gasteiger partial charge is 0.376 e. The average molecular weight is 281 g/mol. The second-order valence-corrected chi connectivity index (χ2v) is 5.96. The lowest BCUT2D eigenvalue weighted by Gasteiger charge is -2.43. The summed E-state index contributed by atoms with van der Waals surface area (Å²) < 4.78 is 1.19. The summed E-state index contributed by atoms with van der Waals surface area (Å²) in [7, 11) is 2.20. The number of likely N-dealkylation sites (N-methyl/N-ethyl adjacent to an activating group) is 1. The molecule has 0 atom stereocenters. The lowest BCUT2D eigenvalue weighted by molar-refractivity contribution is 0.472. The zero-order valence-electron chi connectivity index (χ0n) is 9.59. The maximum Gasteiger partial charge on any atom is 0.0744 e. The number of hydrogen-bond acceptors (Lipinski definition) is 2. The first kappa shape index (κ1) is 10.5. The van der Waals surface area contributed by atoms with E-state index in [9.17, 15) is 0 Å². The molecule has 2 nitrogen and oxygen atoms in total. The minimum absolute atomic E-state index is 0.336. The molecular formula is C13H17BrN2. The SMILES string of the molecule is CN1CC2(CCCC2)Nc2cccc(Br)c21. The third kappa shape index (κ3) is 1.53. The number of nitrogens with one attached hydrogen (secondary N) is 1. The van der Waals surface area contributed by atoms with Crippen LogP contribution in [0.3, 0.4) is 0 Å². The molecule has 1 spiro atoms. The van der Waals surface area contributed by atoms with Gasteiger partial charge in [0.15, 0.2) is 0 Å². The fourth-order valence-corrected chi connectivity index (χ4v) is 3.87. The summed E-state index contributed by atoms with van der Waals surface area (Å²) in [6.45, 7) is 1.13. The molecule has 86 valence electrons. The molecule has 0 saturated heterocycles. The van der Waals surface area contributed by atoms with Gasteiger partial charge in [-0.25, -0.2) is 0 Å². The Balaban J connectivity index is 2.02. The lowest BCUT2D eigenvalue weighted by atomic mass is 9.93. The minimum Gasteiger partial charge on any atom is -0.376 e. The van der Waals surface area contributed by atoms with E-state index in [2.05, 4.69) is 51.4 Å². The smallest absolute Gasteiger partial charge is 0.0744 e. The van der Waals surface area contributed by atoms with Gasteiger partial charge in [0.1, 0.15) is 0 Å². The molecule has 1 aromatic rings. The quantitative estimate of drug-likeness (QED) is 0.781. The summed E-state index contributed by atoms with van der Waals surface area (Å²) in [5.41, 5.74) is 2.92. The number of rotatable bonds is 0. The van der Waals surface area contributed by atoms with Gasteiger partial charge >= 0.3 is 0 Å². The van der Waals surface area contributed by atoms with Gasteiger partial charge < -0.3 is 10.2 Å². The number of hydrogen-bond donors (Lipinski definition) is 1. The van der Waals surface area contributed by atoms with Crippen molar-refractivity contribution in [1.82, 2.24) is 0 Å². The van der Waals surface area contributed by atoms with Gasteiger partial charge in [-0.2, -0.15) is 0 Å². The van der Waals surface area contributed by atoms with E-state index in [1.54, 1.807) is 0 Å². The number of para-hydroxylation sites is 1. The molecule has 0 aromatic heterocycles. The highest BCUT2D eigenvalue weighted by Gasteiger charge is 2.39. The van der Waals surface area contributed by atoms with Gasteiger partial charge in [0.2, 0.25) is 0 Å². The highest BCUT2D eigenvalue weighted by Crippen LogP contribution is 2.44. The number of fused-ring (bicyclic) bond motifs is 1. The van der Waals surface area contributed by atoms with Crippen molar-refractivity contribution in [2.75, 3.05) is 23.8 Å². The molecule has 1 aliphatic heterocycles. The van der Waals surface area contributed by atoms with E-state index >= 15 is 0 Å². The Morgan fingerprint density at radius 2 is 2.06 bits per heavy atom. The molecule has 0 radical (unpaired) electrons. The zero-order chi connectivity index (χ0) is 11.2. The van der Waals surface area contributed by atoms with E-state index in [4.69, 9.17) is 0 Å². The Labute approximate surface area is 105 Å². The second kappa shape index (κ2) is 3.66. The Hall–Kier alpha value is -0.700. The van der Waals surface area contributed by atoms with Crippen molar-refractivity contribution in [1.29, 1.82) is 0 Å². The molecular weight excluding hydrogens is 264 g/mol. The van der Waals surface area contributed by atoms with Crippen LogP contribution in [0.25, 0.3) is 0 Å². The molecule has 1 aliphatic carbocycles. The van der Waals surface area contributed by atoms with E-state index in [1.165, 1.54) is 41.5 Å². The first-order chi connectivity index (χ1) is 7.70. The van der Waals surface area contributed by atoms with E-state index in [1.807, 2.05) is 0 Å². The third-order valence-corrected chi connectivity index (χ3v) is 4.51. The van der Waals surface area contributed by atoms with Crippen molar-refractivity contribution in [2.45, 2.75) is 31.2 Å². The van der Waals surface area contributed by atoms with Crippen LogP contribution in [-0.4, -0.2) is 19.1 Å². The first-order valence-electron chi connectivity index (χ1n) is 5.98. The van der Waals surface area contributed by atoms with Gasteiger partial charge in [-0.3, -0.25) is 0 Å². The average Bonchev–Trinajstić information content (AvgIpc) is 2.65. The Morgan fingerprint density at radius 1 is 1.31 bits per heavy atom. The van der Waals surface area contributed by atoms with Crippen molar-refractivity contribution in [3.63, 3.8) is 0 Å². The van der Waals surface area contributed by atoms with Crippen molar-refractivity contribution < 1.29 is 0 Å². The van der Waals surface area contributed by atoms with Gasteiger partial charge in [-0.05, 0) is 40.9 Å². The highest BCUT2D eigenvalue weighted by atomic mass is 79.9. The molecule has 1 heterocycles. The summed E-state index contributed by atoms with van der Waals surface area (Å²) in [6, 6.07) is 6.41. The van der Waals surface area contributed by atoms with Gasteiger partial charge in [-0.15, -0.1) is 0 Å². The minimum atomic E-state index is 0.336. The predicted molar refractivity (Wildman–Crippen MR) is 72.2 cm³/mol. The normalized spacial score (nSPS) is 22.0. The first-order valence-corrected chi connectivity index (χ1v) is 6.77. The van der Waals surface area contributed by atoms with E-state index in [0.29, 0.717) is 5.54 Å². The van der Waals surface area contributed by atoms with Gasteiger partial charge in [-0.1, -0.05) is 18.9 Å². The topological polar surface area (TPSA) is 15.3 Å². The lowest BCUT2D eigenvalue weighted by Crippen LogP contribution is -2.49. The molecule has 1 saturated carbocycles. The van der Waals surface area contributed by atoms with Crippen molar-refractivity contribution in [2.24, 2.45) is 0 Å². The molecule has 0 unspecified atom stereocenters. The Bertz CT molecular complexity index is 410. The standard InChI is InChI=1S/C13H17BrN2/c1-16-9-13(7-2-3-8-13)15-11-6-4-5-10(14)12(11)16/h4-6,15H,2-3,7-9H2,1H3. The predicted octanol–water partition coefficient (Wildman–Crippen LogP) is 3.62. The van der Waals surface area contributed by atoms with E-state index in [0.717, 1.165) is 6.54 Å². The van der Waals surface area contributed by atoms with Crippen LogP contribution in [0.1, 0.15) is 25.7 Å². The van der Waals surface area contributed by atoms with Crippen LogP contribution in [0.2, 0.25) is 0 Å². The number of benzene rings is 1. The molecule has 3 rings (SSSR count). The summed E-state index contributed by atoms with van der Waals surface area (Å²) in [4.78, 5) is 2.39. The second-order valence-electron chi connectivity index (χ2n) is 5.10. The number of nitrogens with zero attached hydrogens (tertiary/aromatic N) is 1. The Morgan fingerprint density at radius 3 is 2.81 bits per heavy atom. The van der Waals surface area contributed by atoms with Crippen LogP contribution in [0.15, 0.2) is 22.7 Å². The molecule has 2 aliphatic rings. The molecule has 0 bridgehead atoms. The van der Waals surface area contributed by atoms with Crippen LogP contribution < -0.4 is 10.2 Å². The fraction of sp³-hybridized carbons (Fsp3) is 0.538. The van der Waals surface area contributed by atoms with Gasteiger partial charge in [0, 0.05) is 18.1 Å². The summed E-state index contributed by atoms with van der Waals surface area (Å²) in [6.07, 6.45) is 5.35. The molecule has 1 N–H and O–H groups in total. The summed E-state index contributed by atoms with van der Waals surface area (Å²) >= 11 is 3.64. The fourth-order valence-electron chi connectivity index (χ4n) is 3.20. The van der Waals surface area contributed by atoms with Crippen LogP contribution >= 0.6 is 15.9 Å². The van der Waals surface area contributed by atoms with Crippen molar-refractivity contribution >= 4 is 27.3 Å². The van der Waals surface area contributed by atoms with Crippen LogP contribution in [0.4, 0.5) is 11.4 Å². The molecule has 0 amide bonds. The monoisotopic (exact) mass is 280 g/mol. The van der Waals surface area contributed by atoms with Gasteiger partial charge in [0.25, 0.3) is 0 Å². The highest BCUT2D eigenvalue weighted by molar-refractivity contribution is 9.10. The Kier molecular flexibility index (Phi) is 2.39. The van der Waals surface area contributed by atoms with Crippen molar-refractivity contribution in [3.8, 4) is 0 Å². The number of halogens is 1. The molecule has 1 aromatic carbocycles. The maximum atomic E-state index is 3.77. The van der Waals surface area contributed by atoms with Crippen LogP contribution in [0, 0.1) is 0 Å².